The standard InChI is InChI=1S/C16H24N2O2S/c1-13(2)11-18-7-8-20-14(12-18)10-17-16(19)6-5-15-4-3-9-21-15/h3-6,9,13-14H,7-8,10-12H2,1-2H3,(H,17,19)/b6-5+. The summed E-state index contributed by atoms with van der Waals surface area (Å²) >= 11 is 1.62. The summed E-state index contributed by atoms with van der Waals surface area (Å²) in [5, 5.41) is 4.91. The van der Waals surface area contributed by atoms with E-state index in [0.29, 0.717) is 12.5 Å². The Bertz CT molecular complexity index is 457. The molecule has 1 saturated heterocycles. The summed E-state index contributed by atoms with van der Waals surface area (Å²) in [5.41, 5.74) is 0. The number of carbonyl (C=O) groups is 1. The molecule has 1 aromatic rings. The Morgan fingerprint density at radius 1 is 1.62 bits per heavy atom. The highest BCUT2D eigenvalue weighted by molar-refractivity contribution is 7.10. The van der Waals surface area contributed by atoms with Crippen LogP contribution in [-0.2, 0) is 9.53 Å². The Morgan fingerprint density at radius 2 is 2.48 bits per heavy atom. The lowest BCUT2D eigenvalue weighted by Gasteiger charge is -2.33. The molecule has 4 nitrogen and oxygen atoms in total. The van der Waals surface area contributed by atoms with E-state index in [4.69, 9.17) is 4.74 Å². The molecule has 2 rings (SSSR count). The second-order valence-corrected chi connectivity index (χ2v) is 6.72. The van der Waals surface area contributed by atoms with Crippen molar-refractivity contribution in [3.63, 3.8) is 0 Å². The number of hydrogen-bond donors (Lipinski definition) is 1. The van der Waals surface area contributed by atoms with Gasteiger partial charge in [0.15, 0.2) is 0 Å². The lowest BCUT2D eigenvalue weighted by Crippen LogP contribution is -2.48. The third-order valence-corrected chi connectivity index (χ3v) is 4.13. The van der Waals surface area contributed by atoms with E-state index >= 15 is 0 Å². The molecule has 0 spiro atoms. The van der Waals surface area contributed by atoms with E-state index in [1.807, 2.05) is 23.6 Å². The molecule has 1 amide bonds. The molecule has 0 aromatic carbocycles. The number of nitrogens with one attached hydrogen (secondary N) is 1. The van der Waals surface area contributed by atoms with E-state index in [-0.39, 0.29) is 12.0 Å². The maximum atomic E-state index is 11.8. The van der Waals surface area contributed by atoms with Gasteiger partial charge in [-0.3, -0.25) is 9.69 Å². The fourth-order valence-corrected chi connectivity index (χ4v) is 3.02. The highest BCUT2D eigenvalue weighted by Crippen LogP contribution is 2.10. The number of amides is 1. The van der Waals surface area contributed by atoms with Gasteiger partial charge in [0.1, 0.15) is 0 Å². The lowest BCUT2D eigenvalue weighted by molar-refractivity contribution is -0.117. The zero-order valence-electron chi connectivity index (χ0n) is 12.7. The smallest absolute Gasteiger partial charge is 0.244 e. The predicted octanol–water partition coefficient (Wildman–Crippen LogP) is 2.23. The maximum absolute atomic E-state index is 11.8. The molecule has 2 heterocycles. The van der Waals surface area contributed by atoms with Crippen LogP contribution < -0.4 is 5.32 Å². The minimum Gasteiger partial charge on any atom is -0.374 e. The van der Waals surface area contributed by atoms with Crippen molar-refractivity contribution in [1.82, 2.24) is 10.2 Å². The van der Waals surface area contributed by atoms with Crippen LogP contribution >= 0.6 is 11.3 Å². The number of morpholine rings is 1. The summed E-state index contributed by atoms with van der Waals surface area (Å²) < 4.78 is 5.71. The van der Waals surface area contributed by atoms with Crippen LogP contribution in [0.15, 0.2) is 23.6 Å². The van der Waals surface area contributed by atoms with Crippen molar-refractivity contribution >= 4 is 23.3 Å². The van der Waals surface area contributed by atoms with E-state index in [1.54, 1.807) is 17.4 Å². The van der Waals surface area contributed by atoms with Gasteiger partial charge in [0.25, 0.3) is 0 Å². The Kier molecular flexibility index (Phi) is 6.42. The van der Waals surface area contributed by atoms with Gasteiger partial charge in [-0.2, -0.15) is 0 Å². The van der Waals surface area contributed by atoms with Gasteiger partial charge < -0.3 is 10.1 Å². The van der Waals surface area contributed by atoms with Crippen LogP contribution in [0, 0.1) is 5.92 Å². The van der Waals surface area contributed by atoms with Crippen molar-refractivity contribution in [3.05, 3.63) is 28.5 Å². The van der Waals surface area contributed by atoms with E-state index < -0.39 is 0 Å². The summed E-state index contributed by atoms with van der Waals surface area (Å²) in [7, 11) is 0. The van der Waals surface area contributed by atoms with Gasteiger partial charge in [-0.15, -0.1) is 11.3 Å². The Labute approximate surface area is 130 Å². The molecule has 1 fully saturated rings. The fourth-order valence-electron chi connectivity index (χ4n) is 2.40. The quantitative estimate of drug-likeness (QED) is 0.820. The molecule has 5 heteroatoms. The second kappa shape index (κ2) is 8.32. The molecule has 0 bridgehead atoms. The SMILES string of the molecule is CC(C)CN1CCOC(CNC(=O)/C=C/c2cccs2)C1. The van der Waals surface area contributed by atoms with Crippen molar-refractivity contribution in [1.29, 1.82) is 0 Å². The number of thiophene rings is 1. The summed E-state index contributed by atoms with van der Waals surface area (Å²) in [5.74, 6) is 0.597. The van der Waals surface area contributed by atoms with Crippen LogP contribution in [0.2, 0.25) is 0 Å². The largest absolute Gasteiger partial charge is 0.374 e. The van der Waals surface area contributed by atoms with Crippen molar-refractivity contribution in [3.8, 4) is 0 Å². The third kappa shape index (κ3) is 5.99. The van der Waals surface area contributed by atoms with E-state index in [9.17, 15) is 4.79 Å². The van der Waals surface area contributed by atoms with Crippen LogP contribution in [-0.4, -0.2) is 49.7 Å². The maximum Gasteiger partial charge on any atom is 0.244 e. The van der Waals surface area contributed by atoms with Crippen LogP contribution in [0.4, 0.5) is 0 Å². The minimum atomic E-state index is -0.0621. The second-order valence-electron chi connectivity index (χ2n) is 5.74. The van der Waals surface area contributed by atoms with Gasteiger partial charge >= 0.3 is 0 Å². The molecule has 1 atom stereocenters. The summed E-state index contributed by atoms with van der Waals surface area (Å²) in [4.78, 5) is 15.3. The topological polar surface area (TPSA) is 41.6 Å². The molecule has 0 radical (unpaired) electrons. The molecule has 21 heavy (non-hydrogen) atoms. The van der Waals surface area contributed by atoms with E-state index in [1.165, 1.54) is 0 Å². The number of rotatable bonds is 6. The summed E-state index contributed by atoms with van der Waals surface area (Å²) in [6.45, 7) is 8.74. The van der Waals surface area contributed by atoms with Gasteiger partial charge in [0.05, 0.1) is 12.7 Å². The predicted molar refractivity (Wildman–Crippen MR) is 87.4 cm³/mol. The van der Waals surface area contributed by atoms with Crippen molar-refractivity contribution < 1.29 is 9.53 Å². The van der Waals surface area contributed by atoms with Crippen LogP contribution in [0.5, 0.6) is 0 Å². The monoisotopic (exact) mass is 308 g/mol. The third-order valence-electron chi connectivity index (χ3n) is 3.29. The number of hydrogen-bond acceptors (Lipinski definition) is 4. The molecule has 1 N–H and O–H groups in total. The highest BCUT2D eigenvalue weighted by atomic mass is 32.1. The number of ether oxygens (including phenoxy) is 1. The van der Waals surface area contributed by atoms with Crippen LogP contribution in [0.25, 0.3) is 6.08 Å². The Morgan fingerprint density at radius 3 is 3.19 bits per heavy atom. The zero-order valence-corrected chi connectivity index (χ0v) is 13.6. The Hall–Kier alpha value is -1.17. The molecule has 0 aliphatic carbocycles. The number of nitrogens with zero attached hydrogens (tertiary/aromatic N) is 1. The molecule has 1 aliphatic heterocycles. The summed E-state index contributed by atoms with van der Waals surface area (Å²) in [6.07, 6.45) is 3.52. The lowest BCUT2D eigenvalue weighted by atomic mass is 10.2. The van der Waals surface area contributed by atoms with E-state index in [0.717, 1.165) is 31.1 Å². The van der Waals surface area contributed by atoms with Crippen molar-refractivity contribution in [2.75, 3.05) is 32.8 Å². The highest BCUT2D eigenvalue weighted by Gasteiger charge is 2.20. The van der Waals surface area contributed by atoms with Gasteiger partial charge in [-0.1, -0.05) is 19.9 Å². The van der Waals surface area contributed by atoms with Crippen molar-refractivity contribution in [2.24, 2.45) is 5.92 Å². The molecule has 1 unspecified atom stereocenters. The first kappa shape index (κ1) is 16.2. The van der Waals surface area contributed by atoms with Gasteiger partial charge in [-0.25, -0.2) is 0 Å². The first-order chi connectivity index (χ1) is 10.1. The number of carbonyl (C=O) groups excluding carboxylic acids is 1. The fraction of sp³-hybridized carbons (Fsp3) is 0.562. The van der Waals surface area contributed by atoms with Gasteiger partial charge in [0, 0.05) is 37.1 Å². The van der Waals surface area contributed by atoms with Crippen molar-refractivity contribution in [2.45, 2.75) is 20.0 Å². The minimum absolute atomic E-state index is 0.0621. The Balaban J connectivity index is 1.71. The normalized spacial score (nSPS) is 20.2. The molecule has 0 saturated carbocycles. The molecular weight excluding hydrogens is 284 g/mol. The van der Waals surface area contributed by atoms with E-state index in [2.05, 4.69) is 24.1 Å². The zero-order chi connectivity index (χ0) is 15.1. The first-order valence-corrected chi connectivity index (χ1v) is 8.35. The summed E-state index contributed by atoms with van der Waals surface area (Å²) in [6, 6.07) is 3.96. The van der Waals surface area contributed by atoms with Gasteiger partial charge in [0.2, 0.25) is 5.91 Å². The van der Waals surface area contributed by atoms with Gasteiger partial charge in [-0.05, 0) is 23.4 Å². The molecule has 1 aliphatic rings. The average molecular weight is 308 g/mol. The molecule has 1 aromatic heterocycles. The molecule has 116 valence electrons. The molecular formula is C16H24N2O2S. The average Bonchev–Trinajstić information content (AvgIpc) is 2.96. The first-order valence-electron chi connectivity index (χ1n) is 7.47. The van der Waals surface area contributed by atoms with Crippen LogP contribution in [0.1, 0.15) is 18.7 Å². The van der Waals surface area contributed by atoms with Crippen LogP contribution in [0.3, 0.4) is 0 Å².